The van der Waals surface area contributed by atoms with Gasteiger partial charge in [-0.1, -0.05) is 0 Å². The van der Waals surface area contributed by atoms with Crippen LogP contribution >= 0.6 is 0 Å². The van der Waals surface area contributed by atoms with Gasteiger partial charge >= 0.3 is 0 Å². The molecule has 0 aromatic heterocycles. The molecule has 0 fully saturated rings. The number of anilines is 2. The lowest BCUT2D eigenvalue weighted by Crippen LogP contribution is -2.14. The third kappa shape index (κ3) is 6.37. The lowest BCUT2D eigenvalue weighted by Gasteiger charge is -2.09. The summed E-state index contributed by atoms with van der Waals surface area (Å²) in [6, 6.07) is 16.6. The van der Waals surface area contributed by atoms with Crippen molar-refractivity contribution in [1.29, 1.82) is 0 Å². The highest BCUT2D eigenvalue weighted by molar-refractivity contribution is 6.04. The van der Waals surface area contributed by atoms with Crippen LogP contribution in [0, 0.1) is 11.6 Å². The second-order valence-electron chi connectivity index (χ2n) is 6.77. The zero-order valence-electron chi connectivity index (χ0n) is 17.0. The van der Waals surface area contributed by atoms with E-state index in [-0.39, 0.29) is 30.2 Å². The highest BCUT2D eigenvalue weighted by Gasteiger charge is 2.10. The van der Waals surface area contributed by atoms with Gasteiger partial charge in [0.2, 0.25) is 5.91 Å². The zero-order valence-corrected chi connectivity index (χ0v) is 17.0. The standard InChI is InChI=1S/C24H22F2N2O3/c1-2-31-21-11-9-20(10-12-21)28-24(30)16-3-7-19(8-4-16)27-23(29)14-5-17-15-18(25)6-13-22(17)26/h3-4,6-13,15H,2,5,14H2,1H3,(H,27,29)(H,28,30). The summed E-state index contributed by atoms with van der Waals surface area (Å²) in [6.07, 6.45) is 0.0817. The summed E-state index contributed by atoms with van der Waals surface area (Å²) >= 11 is 0. The number of ether oxygens (including phenoxy) is 1. The van der Waals surface area contributed by atoms with E-state index in [0.717, 1.165) is 23.9 Å². The number of carbonyl (C=O) groups excluding carboxylic acids is 2. The van der Waals surface area contributed by atoms with E-state index in [0.29, 0.717) is 23.5 Å². The highest BCUT2D eigenvalue weighted by atomic mass is 19.1. The second kappa shape index (κ2) is 10.3. The first-order chi connectivity index (χ1) is 14.9. The van der Waals surface area contributed by atoms with Gasteiger partial charge in [-0.25, -0.2) is 8.78 Å². The Morgan fingerprint density at radius 3 is 2.19 bits per heavy atom. The number of hydrogen-bond acceptors (Lipinski definition) is 3. The van der Waals surface area contributed by atoms with E-state index in [1.54, 1.807) is 48.5 Å². The summed E-state index contributed by atoms with van der Waals surface area (Å²) < 4.78 is 32.2. The van der Waals surface area contributed by atoms with Gasteiger partial charge < -0.3 is 15.4 Å². The zero-order chi connectivity index (χ0) is 22.2. The number of carbonyl (C=O) groups is 2. The molecule has 0 aliphatic carbocycles. The Morgan fingerprint density at radius 2 is 1.52 bits per heavy atom. The number of hydrogen-bond donors (Lipinski definition) is 2. The van der Waals surface area contributed by atoms with Crippen LogP contribution in [-0.4, -0.2) is 18.4 Å². The lowest BCUT2D eigenvalue weighted by molar-refractivity contribution is -0.116. The Morgan fingerprint density at radius 1 is 0.871 bits per heavy atom. The molecule has 2 amide bonds. The van der Waals surface area contributed by atoms with Gasteiger partial charge in [-0.05, 0) is 85.6 Å². The first-order valence-corrected chi connectivity index (χ1v) is 9.82. The molecule has 0 aliphatic rings. The minimum absolute atomic E-state index is 0.000349. The summed E-state index contributed by atoms with van der Waals surface area (Å²) in [5.74, 6) is -0.993. The minimum Gasteiger partial charge on any atom is -0.494 e. The van der Waals surface area contributed by atoms with Crippen molar-refractivity contribution in [3.05, 3.63) is 89.5 Å². The Labute approximate surface area is 179 Å². The third-order valence-electron chi connectivity index (χ3n) is 4.48. The topological polar surface area (TPSA) is 67.4 Å². The van der Waals surface area contributed by atoms with Crippen molar-refractivity contribution >= 4 is 23.2 Å². The van der Waals surface area contributed by atoms with Crippen LogP contribution in [0.5, 0.6) is 5.75 Å². The van der Waals surface area contributed by atoms with Crippen molar-refractivity contribution in [3.63, 3.8) is 0 Å². The predicted octanol–water partition coefficient (Wildman–Crippen LogP) is 5.19. The van der Waals surface area contributed by atoms with E-state index in [1.807, 2.05) is 6.92 Å². The van der Waals surface area contributed by atoms with Crippen molar-refractivity contribution in [2.24, 2.45) is 0 Å². The minimum atomic E-state index is -0.545. The Bertz CT molecular complexity index is 1050. The molecule has 0 saturated heterocycles. The van der Waals surface area contributed by atoms with Gasteiger partial charge in [-0.3, -0.25) is 9.59 Å². The normalized spacial score (nSPS) is 10.4. The number of halogens is 2. The molecule has 3 aromatic rings. The van der Waals surface area contributed by atoms with Crippen LogP contribution in [-0.2, 0) is 11.2 Å². The molecular formula is C24H22F2N2O3. The molecule has 31 heavy (non-hydrogen) atoms. The largest absolute Gasteiger partial charge is 0.494 e. The van der Waals surface area contributed by atoms with Crippen LogP contribution in [0.15, 0.2) is 66.7 Å². The Kier molecular flexibility index (Phi) is 7.32. The maximum Gasteiger partial charge on any atom is 0.255 e. The van der Waals surface area contributed by atoms with Gasteiger partial charge in [0.05, 0.1) is 6.61 Å². The summed E-state index contributed by atoms with van der Waals surface area (Å²) in [5, 5.41) is 5.47. The van der Waals surface area contributed by atoms with Gasteiger partial charge in [-0.2, -0.15) is 0 Å². The van der Waals surface area contributed by atoms with Crippen molar-refractivity contribution in [2.75, 3.05) is 17.2 Å². The van der Waals surface area contributed by atoms with E-state index < -0.39 is 11.6 Å². The van der Waals surface area contributed by atoms with E-state index >= 15 is 0 Å². The molecule has 5 nitrogen and oxygen atoms in total. The SMILES string of the molecule is CCOc1ccc(NC(=O)c2ccc(NC(=O)CCc3cc(F)ccc3F)cc2)cc1. The van der Waals surface area contributed by atoms with Crippen molar-refractivity contribution in [2.45, 2.75) is 19.8 Å². The average Bonchev–Trinajstić information content (AvgIpc) is 2.76. The van der Waals surface area contributed by atoms with Crippen LogP contribution in [0.3, 0.4) is 0 Å². The van der Waals surface area contributed by atoms with E-state index in [2.05, 4.69) is 10.6 Å². The third-order valence-corrected chi connectivity index (χ3v) is 4.48. The molecule has 0 radical (unpaired) electrons. The van der Waals surface area contributed by atoms with Gasteiger partial charge in [-0.15, -0.1) is 0 Å². The lowest BCUT2D eigenvalue weighted by atomic mass is 10.1. The quantitative estimate of drug-likeness (QED) is 0.523. The van der Waals surface area contributed by atoms with Gasteiger partial charge in [0, 0.05) is 23.4 Å². The molecule has 3 rings (SSSR count). The Hall–Kier alpha value is -3.74. The first-order valence-electron chi connectivity index (χ1n) is 9.82. The number of aryl methyl sites for hydroxylation is 1. The maximum absolute atomic E-state index is 13.6. The van der Waals surface area contributed by atoms with Crippen molar-refractivity contribution < 1.29 is 23.1 Å². The number of nitrogens with one attached hydrogen (secondary N) is 2. The predicted molar refractivity (Wildman–Crippen MR) is 115 cm³/mol. The fourth-order valence-corrected chi connectivity index (χ4v) is 2.92. The van der Waals surface area contributed by atoms with E-state index in [9.17, 15) is 18.4 Å². The molecule has 0 bridgehead atoms. The molecule has 0 heterocycles. The molecular weight excluding hydrogens is 402 g/mol. The van der Waals surface area contributed by atoms with Crippen LogP contribution in [0.2, 0.25) is 0 Å². The summed E-state index contributed by atoms with van der Waals surface area (Å²) in [5.41, 5.74) is 1.71. The highest BCUT2D eigenvalue weighted by Crippen LogP contribution is 2.18. The number of rotatable bonds is 8. The molecule has 2 N–H and O–H groups in total. The molecule has 0 spiro atoms. The second-order valence-corrected chi connectivity index (χ2v) is 6.77. The molecule has 0 atom stereocenters. The maximum atomic E-state index is 13.6. The Balaban J connectivity index is 1.52. The van der Waals surface area contributed by atoms with Gasteiger partial charge in [0.25, 0.3) is 5.91 Å². The van der Waals surface area contributed by atoms with Crippen molar-refractivity contribution in [1.82, 2.24) is 0 Å². The van der Waals surface area contributed by atoms with Gasteiger partial charge in [0.15, 0.2) is 0 Å². The van der Waals surface area contributed by atoms with Crippen LogP contribution < -0.4 is 15.4 Å². The smallest absolute Gasteiger partial charge is 0.255 e. The van der Waals surface area contributed by atoms with Gasteiger partial charge in [0.1, 0.15) is 17.4 Å². The van der Waals surface area contributed by atoms with Crippen LogP contribution in [0.25, 0.3) is 0 Å². The number of benzene rings is 3. The van der Waals surface area contributed by atoms with Crippen LogP contribution in [0.4, 0.5) is 20.2 Å². The molecule has 0 aliphatic heterocycles. The fourth-order valence-electron chi connectivity index (χ4n) is 2.92. The van der Waals surface area contributed by atoms with Crippen LogP contribution in [0.1, 0.15) is 29.3 Å². The summed E-state index contributed by atoms with van der Waals surface area (Å²) in [7, 11) is 0. The molecule has 3 aromatic carbocycles. The molecule has 0 saturated carbocycles. The average molecular weight is 424 g/mol. The molecule has 160 valence electrons. The number of amides is 2. The fraction of sp³-hybridized carbons (Fsp3) is 0.167. The first kappa shape index (κ1) is 22.0. The van der Waals surface area contributed by atoms with E-state index in [1.165, 1.54) is 0 Å². The summed E-state index contributed by atoms with van der Waals surface area (Å²) in [6.45, 7) is 2.46. The summed E-state index contributed by atoms with van der Waals surface area (Å²) in [4.78, 5) is 24.5. The van der Waals surface area contributed by atoms with E-state index in [4.69, 9.17) is 4.74 Å². The van der Waals surface area contributed by atoms with Crippen molar-refractivity contribution in [3.8, 4) is 5.75 Å². The molecule has 0 unspecified atom stereocenters. The monoisotopic (exact) mass is 424 g/mol. The molecule has 7 heteroatoms.